The van der Waals surface area contributed by atoms with Crippen LogP contribution < -0.4 is 5.32 Å². The van der Waals surface area contributed by atoms with Crippen molar-refractivity contribution in [1.29, 1.82) is 0 Å². The number of hydrogen-bond donors (Lipinski definition) is 2. The molecule has 0 unspecified atom stereocenters. The highest BCUT2D eigenvalue weighted by Crippen LogP contribution is 2.24. The molecule has 1 aromatic heterocycles. The molecule has 2 N–H and O–H groups in total. The van der Waals surface area contributed by atoms with E-state index in [1.165, 1.54) is 12.4 Å². The van der Waals surface area contributed by atoms with Crippen LogP contribution in [0.2, 0.25) is 5.02 Å². The third-order valence-corrected chi connectivity index (χ3v) is 3.97. The summed E-state index contributed by atoms with van der Waals surface area (Å²) in [5.41, 5.74) is 1.96. The third-order valence-electron chi connectivity index (χ3n) is 3.15. The van der Waals surface area contributed by atoms with E-state index in [0.717, 1.165) is 0 Å². The zero-order valence-corrected chi connectivity index (χ0v) is 14.5. The summed E-state index contributed by atoms with van der Waals surface area (Å²) in [6.45, 7) is -0.124. The minimum Gasteiger partial charge on any atom is -0.392 e. The fraction of sp³-hybridized carbons (Fsp3) is 0.0625. The number of nitrogens with zero attached hydrogens (tertiary/aromatic N) is 3. The summed E-state index contributed by atoms with van der Waals surface area (Å²) in [7, 11) is 0. The second kappa shape index (κ2) is 7.21. The van der Waals surface area contributed by atoms with E-state index >= 15 is 0 Å². The molecule has 3 rings (SSSR count). The van der Waals surface area contributed by atoms with Crippen LogP contribution >= 0.6 is 27.5 Å². The first-order valence-electron chi connectivity index (χ1n) is 6.87. The maximum Gasteiger partial charge on any atom is 0.230 e. The number of aliphatic hydroxyl groups is 1. The lowest BCUT2D eigenvalue weighted by Crippen LogP contribution is -2.00. The van der Waals surface area contributed by atoms with Gasteiger partial charge in [0.15, 0.2) is 5.82 Å². The Morgan fingerprint density at radius 2 is 2.00 bits per heavy atom. The normalized spacial score (nSPS) is 10.7. The fourth-order valence-corrected chi connectivity index (χ4v) is 2.71. The van der Waals surface area contributed by atoms with Gasteiger partial charge < -0.3 is 10.4 Å². The minimum atomic E-state index is -0.360. The van der Waals surface area contributed by atoms with E-state index in [1.807, 2.05) is 0 Å². The predicted octanol–water partition coefficient (Wildman–Crippen LogP) is 4.33. The van der Waals surface area contributed by atoms with Crippen molar-refractivity contribution in [3.8, 4) is 11.4 Å². The molecule has 0 aliphatic rings. The van der Waals surface area contributed by atoms with Crippen LogP contribution in [-0.4, -0.2) is 20.1 Å². The van der Waals surface area contributed by atoms with Gasteiger partial charge in [-0.1, -0.05) is 11.6 Å². The third kappa shape index (κ3) is 3.87. The molecule has 122 valence electrons. The molecule has 1 heterocycles. The number of rotatable bonds is 4. The molecule has 0 aliphatic heterocycles. The fourth-order valence-electron chi connectivity index (χ4n) is 2.07. The Morgan fingerprint density at radius 3 is 2.75 bits per heavy atom. The Morgan fingerprint density at radius 1 is 1.17 bits per heavy atom. The smallest absolute Gasteiger partial charge is 0.230 e. The molecular formula is C16H11BrClFN4O. The summed E-state index contributed by atoms with van der Waals surface area (Å²) in [6, 6.07) is 9.62. The van der Waals surface area contributed by atoms with Gasteiger partial charge >= 0.3 is 0 Å². The van der Waals surface area contributed by atoms with Gasteiger partial charge in [-0.15, -0.1) is 0 Å². The molecule has 3 aromatic rings. The van der Waals surface area contributed by atoms with Crippen molar-refractivity contribution in [2.75, 3.05) is 5.32 Å². The summed E-state index contributed by atoms with van der Waals surface area (Å²) < 4.78 is 13.7. The van der Waals surface area contributed by atoms with Crippen LogP contribution in [0, 0.1) is 5.82 Å². The molecule has 5 nitrogen and oxygen atoms in total. The van der Waals surface area contributed by atoms with E-state index in [2.05, 4.69) is 36.2 Å². The summed E-state index contributed by atoms with van der Waals surface area (Å²) >= 11 is 9.15. The average Bonchev–Trinajstić information content (AvgIpc) is 2.57. The maximum atomic E-state index is 13.3. The Hall–Kier alpha value is -2.09. The summed E-state index contributed by atoms with van der Waals surface area (Å²) in [5, 5.41) is 12.7. The summed E-state index contributed by atoms with van der Waals surface area (Å²) in [5.74, 6) is 0.353. The number of nitrogens with one attached hydrogen (secondary N) is 1. The predicted molar refractivity (Wildman–Crippen MR) is 93.6 cm³/mol. The van der Waals surface area contributed by atoms with Crippen molar-refractivity contribution in [2.24, 2.45) is 0 Å². The second-order valence-electron chi connectivity index (χ2n) is 4.89. The Balaban J connectivity index is 1.90. The van der Waals surface area contributed by atoms with E-state index in [4.69, 9.17) is 11.6 Å². The molecule has 0 saturated heterocycles. The highest BCUT2D eigenvalue weighted by Gasteiger charge is 2.08. The second-order valence-corrected chi connectivity index (χ2v) is 6.18. The molecule has 0 spiro atoms. The van der Waals surface area contributed by atoms with Crippen molar-refractivity contribution in [3.63, 3.8) is 0 Å². The van der Waals surface area contributed by atoms with Gasteiger partial charge in [-0.2, -0.15) is 4.98 Å². The van der Waals surface area contributed by atoms with E-state index < -0.39 is 0 Å². The topological polar surface area (TPSA) is 70.9 Å². The number of benzene rings is 2. The summed E-state index contributed by atoms with van der Waals surface area (Å²) in [4.78, 5) is 12.5. The first-order valence-corrected chi connectivity index (χ1v) is 8.04. The lowest BCUT2D eigenvalue weighted by Gasteiger charge is -2.08. The monoisotopic (exact) mass is 408 g/mol. The molecule has 8 heteroatoms. The SMILES string of the molecule is OCc1cc(Cl)cc(Nc2ncnc(-c3ccc(F)c(Br)c3)n2)c1. The molecule has 2 aromatic carbocycles. The standard InChI is InChI=1S/C16H11BrClFN4O/c17-13-5-10(1-2-14(13)19)15-20-8-21-16(23-15)22-12-4-9(7-24)3-11(18)6-12/h1-6,8,24H,7H2,(H,20,21,22,23). The van der Waals surface area contributed by atoms with Gasteiger partial charge in [0.2, 0.25) is 5.95 Å². The highest BCUT2D eigenvalue weighted by atomic mass is 79.9. The molecular weight excluding hydrogens is 399 g/mol. The zero-order valence-electron chi connectivity index (χ0n) is 12.2. The Labute approximate surface area is 150 Å². The molecule has 0 radical (unpaired) electrons. The van der Waals surface area contributed by atoms with Crippen LogP contribution in [-0.2, 0) is 6.61 Å². The number of hydrogen-bond acceptors (Lipinski definition) is 5. The van der Waals surface area contributed by atoms with Gasteiger partial charge in [0, 0.05) is 16.3 Å². The lowest BCUT2D eigenvalue weighted by molar-refractivity contribution is 0.282. The lowest BCUT2D eigenvalue weighted by atomic mass is 10.2. The van der Waals surface area contributed by atoms with E-state index in [-0.39, 0.29) is 12.4 Å². The Bertz CT molecular complexity index is 894. The van der Waals surface area contributed by atoms with Gasteiger partial charge in [0.1, 0.15) is 12.1 Å². The maximum absolute atomic E-state index is 13.3. The van der Waals surface area contributed by atoms with E-state index in [1.54, 1.807) is 30.3 Å². The van der Waals surface area contributed by atoms with Crippen LogP contribution in [0.5, 0.6) is 0 Å². The average molecular weight is 410 g/mol. The largest absolute Gasteiger partial charge is 0.392 e. The van der Waals surface area contributed by atoms with Crippen molar-refractivity contribution >= 4 is 39.2 Å². The molecule has 0 atom stereocenters. The number of anilines is 2. The molecule has 0 saturated carbocycles. The van der Waals surface area contributed by atoms with Crippen LogP contribution in [0.3, 0.4) is 0 Å². The first-order chi connectivity index (χ1) is 11.5. The van der Waals surface area contributed by atoms with Gasteiger partial charge in [-0.3, -0.25) is 0 Å². The van der Waals surface area contributed by atoms with Crippen molar-refractivity contribution in [3.05, 3.63) is 63.6 Å². The van der Waals surface area contributed by atoms with Gasteiger partial charge in [-0.05, 0) is 57.9 Å². The quantitative estimate of drug-likeness (QED) is 0.671. The number of aliphatic hydroxyl groups excluding tert-OH is 1. The van der Waals surface area contributed by atoms with Crippen LogP contribution in [0.4, 0.5) is 16.0 Å². The summed E-state index contributed by atoms with van der Waals surface area (Å²) in [6.07, 6.45) is 1.36. The molecule has 0 aliphatic carbocycles. The number of aromatic nitrogens is 3. The highest BCUT2D eigenvalue weighted by molar-refractivity contribution is 9.10. The molecule has 0 amide bonds. The van der Waals surface area contributed by atoms with Gasteiger partial charge in [0.05, 0.1) is 11.1 Å². The molecule has 0 fully saturated rings. The Kier molecular flexibility index (Phi) is 5.03. The minimum absolute atomic E-state index is 0.124. The molecule has 24 heavy (non-hydrogen) atoms. The van der Waals surface area contributed by atoms with E-state index in [9.17, 15) is 9.50 Å². The van der Waals surface area contributed by atoms with Gasteiger partial charge in [-0.25, -0.2) is 14.4 Å². The van der Waals surface area contributed by atoms with E-state index in [0.29, 0.717) is 38.1 Å². The van der Waals surface area contributed by atoms with Crippen molar-refractivity contribution in [1.82, 2.24) is 15.0 Å². The molecule has 0 bridgehead atoms. The van der Waals surface area contributed by atoms with Crippen LogP contribution in [0.15, 0.2) is 47.2 Å². The van der Waals surface area contributed by atoms with Crippen molar-refractivity contribution in [2.45, 2.75) is 6.61 Å². The van der Waals surface area contributed by atoms with Crippen molar-refractivity contribution < 1.29 is 9.50 Å². The number of halogens is 3. The first kappa shape index (κ1) is 16.8. The van der Waals surface area contributed by atoms with Crippen LogP contribution in [0.25, 0.3) is 11.4 Å². The van der Waals surface area contributed by atoms with Crippen LogP contribution in [0.1, 0.15) is 5.56 Å². The zero-order chi connectivity index (χ0) is 17.1. The van der Waals surface area contributed by atoms with Gasteiger partial charge in [0.25, 0.3) is 0 Å².